The quantitative estimate of drug-likeness (QED) is 0.692. The highest BCUT2D eigenvalue weighted by Crippen LogP contribution is 2.13. The first-order chi connectivity index (χ1) is 15.9. The SMILES string of the molecule is COC(=O)n1cnc(C[C@@H](C)N(C)C(=O)[C@H](Cc2ccccc2)NC(=O)N2CCCCC2)c1. The standard InChI is InChI=1S/C24H33N5O4/c1-18(14-20-16-29(17-25-20)24(32)33-3)27(2)22(30)21(15-19-10-6-4-7-11-19)26-23(31)28-12-8-5-9-13-28/h4,6-7,10-11,16-18,21H,5,8-9,12-15H2,1-3H3,(H,26,31)/t18-,21+/m1/s1. The van der Waals surface area contributed by atoms with Crippen molar-refractivity contribution in [1.82, 2.24) is 24.7 Å². The van der Waals surface area contributed by atoms with Gasteiger partial charge in [0.1, 0.15) is 12.4 Å². The maximum atomic E-state index is 13.5. The minimum Gasteiger partial charge on any atom is -0.452 e. The number of rotatable bonds is 7. The molecule has 0 bridgehead atoms. The fourth-order valence-electron chi connectivity index (χ4n) is 3.96. The Bertz CT molecular complexity index is 939. The van der Waals surface area contributed by atoms with Crippen molar-refractivity contribution in [2.24, 2.45) is 0 Å². The topological polar surface area (TPSA) is 96.8 Å². The van der Waals surface area contributed by atoms with Gasteiger partial charge in [0.05, 0.1) is 12.8 Å². The van der Waals surface area contributed by atoms with Crippen molar-refractivity contribution >= 4 is 18.0 Å². The van der Waals surface area contributed by atoms with Crippen LogP contribution in [0.5, 0.6) is 0 Å². The molecule has 2 atom stereocenters. The number of likely N-dealkylation sites (N-methyl/N-ethyl adjacent to an activating group) is 1. The zero-order valence-corrected chi connectivity index (χ0v) is 19.6. The van der Waals surface area contributed by atoms with Crippen LogP contribution >= 0.6 is 0 Å². The second-order valence-electron chi connectivity index (χ2n) is 8.48. The van der Waals surface area contributed by atoms with Crippen LogP contribution in [-0.2, 0) is 22.4 Å². The minimum absolute atomic E-state index is 0.163. The molecular formula is C24H33N5O4. The number of hydrogen-bond donors (Lipinski definition) is 1. The van der Waals surface area contributed by atoms with Gasteiger partial charge in [-0.2, -0.15) is 0 Å². The maximum absolute atomic E-state index is 13.5. The van der Waals surface area contributed by atoms with E-state index in [2.05, 4.69) is 10.3 Å². The molecule has 0 saturated carbocycles. The van der Waals surface area contributed by atoms with E-state index in [1.165, 1.54) is 18.0 Å². The van der Waals surface area contributed by atoms with Gasteiger partial charge in [-0.3, -0.25) is 4.79 Å². The van der Waals surface area contributed by atoms with Crippen LogP contribution in [0, 0.1) is 0 Å². The Hall–Kier alpha value is -3.36. The van der Waals surface area contributed by atoms with Gasteiger partial charge in [-0.05, 0) is 31.7 Å². The molecule has 2 aromatic rings. The van der Waals surface area contributed by atoms with E-state index in [-0.39, 0.29) is 18.0 Å². The smallest absolute Gasteiger partial charge is 0.418 e. The van der Waals surface area contributed by atoms with Gasteiger partial charge < -0.3 is 19.9 Å². The summed E-state index contributed by atoms with van der Waals surface area (Å²) in [5.41, 5.74) is 1.65. The van der Waals surface area contributed by atoms with Gasteiger partial charge in [0.25, 0.3) is 0 Å². The summed E-state index contributed by atoms with van der Waals surface area (Å²) in [6, 6.07) is 8.62. The van der Waals surface area contributed by atoms with E-state index in [0.29, 0.717) is 31.6 Å². The van der Waals surface area contributed by atoms with E-state index >= 15 is 0 Å². The third kappa shape index (κ3) is 6.57. The molecule has 1 aliphatic heterocycles. The summed E-state index contributed by atoms with van der Waals surface area (Å²) in [6.07, 6.45) is 6.45. The Morgan fingerprint density at radius 1 is 1.12 bits per heavy atom. The van der Waals surface area contributed by atoms with Crippen LogP contribution in [0.25, 0.3) is 0 Å². The Morgan fingerprint density at radius 2 is 1.82 bits per heavy atom. The number of carbonyl (C=O) groups is 3. The molecule has 0 radical (unpaired) electrons. The number of imidazole rings is 1. The number of nitrogens with zero attached hydrogens (tertiary/aromatic N) is 4. The molecule has 9 heteroatoms. The normalized spacial score (nSPS) is 15.4. The number of benzene rings is 1. The molecule has 1 aliphatic rings. The van der Waals surface area contributed by atoms with Crippen LogP contribution in [0.2, 0.25) is 0 Å². The van der Waals surface area contributed by atoms with Crippen LogP contribution in [0.15, 0.2) is 42.9 Å². The summed E-state index contributed by atoms with van der Waals surface area (Å²) >= 11 is 0. The molecule has 9 nitrogen and oxygen atoms in total. The molecule has 1 N–H and O–H groups in total. The second kappa shape index (κ2) is 11.5. The first-order valence-electron chi connectivity index (χ1n) is 11.4. The van der Waals surface area contributed by atoms with Crippen molar-refractivity contribution in [2.45, 2.75) is 51.1 Å². The van der Waals surface area contributed by atoms with Gasteiger partial charge in [-0.15, -0.1) is 0 Å². The zero-order valence-electron chi connectivity index (χ0n) is 19.6. The molecule has 1 saturated heterocycles. The summed E-state index contributed by atoms with van der Waals surface area (Å²) in [6.45, 7) is 3.35. The van der Waals surface area contributed by atoms with E-state index in [4.69, 9.17) is 4.74 Å². The first kappa shape index (κ1) is 24.3. The van der Waals surface area contributed by atoms with Gasteiger partial charge in [0, 0.05) is 45.2 Å². The minimum atomic E-state index is -0.679. The van der Waals surface area contributed by atoms with Crippen molar-refractivity contribution in [2.75, 3.05) is 27.2 Å². The predicted molar refractivity (Wildman–Crippen MR) is 124 cm³/mol. The van der Waals surface area contributed by atoms with Gasteiger partial charge in [0.15, 0.2) is 0 Å². The van der Waals surface area contributed by atoms with Crippen molar-refractivity contribution in [3.05, 3.63) is 54.1 Å². The average molecular weight is 456 g/mol. The average Bonchev–Trinajstić information content (AvgIpc) is 3.31. The summed E-state index contributed by atoms with van der Waals surface area (Å²) in [5.74, 6) is -0.163. The molecule has 0 unspecified atom stereocenters. The summed E-state index contributed by atoms with van der Waals surface area (Å²) < 4.78 is 5.96. The number of urea groups is 1. The van der Waals surface area contributed by atoms with E-state index < -0.39 is 12.1 Å². The summed E-state index contributed by atoms with van der Waals surface area (Å²) in [5, 5.41) is 2.98. The number of methoxy groups -OCH3 is 1. The molecule has 1 aromatic carbocycles. The maximum Gasteiger partial charge on any atom is 0.418 e. The number of hydrogen-bond acceptors (Lipinski definition) is 5. The monoisotopic (exact) mass is 455 g/mol. The number of carbonyl (C=O) groups excluding carboxylic acids is 3. The van der Waals surface area contributed by atoms with Gasteiger partial charge in [-0.1, -0.05) is 30.3 Å². The van der Waals surface area contributed by atoms with Crippen molar-refractivity contribution < 1.29 is 19.1 Å². The number of likely N-dealkylation sites (tertiary alicyclic amines) is 1. The molecule has 3 amide bonds. The fraction of sp³-hybridized carbons (Fsp3) is 0.500. The largest absolute Gasteiger partial charge is 0.452 e. The van der Waals surface area contributed by atoms with Crippen LogP contribution in [-0.4, -0.2) is 76.7 Å². The predicted octanol–water partition coefficient (Wildman–Crippen LogP) is 2.69. The molecule has 1 aromatic heterocycles. The molecule has 0 aliphatic carbocycles. The van der Waals surface area contributed by atoms with Crippen molar-refractivity contribution in [1.29, 1.82) is 0 Å². The lowest BCUT2D eigenvalue weighted by Crippen LogP contribution is -2.54. The Labute approximate surface area is 194 Å². The van der Waals surface area contributed by atoms with E-state index in [0.717, 1.165) is 24.8 Å². The van der Waals surface area contributed by atoms with Crippen LogP contribution in [0.4, 0.5) is 9.59 Å². The molecule has 178 valence electrons. The molecule has 2 heterocycles. The number of ether oxygens (including phenoxy) is 1. The number of nitrogens with one attached hydrogen (secondary N) is 1. The third-order valence-electron chi connectivity index (χ3n) is 6.06. The molecule has 0 spiro atoms. The van der Waals surface area contributed by atoms with Crippen molar-refractivity contribution in [3.63, 3.8) is 0 Å². The highest BCUT2D eigenvalue weighted by molar-refractivity contribution is 5.87. The molecule has 33 heavy (non-hydrogen) atoms. The first-order valence-corrected chi connectivity index (χ1v) is 11.4. The summed E-state index contributed by atoms with van der Waals surface area (Å²) in [4.78, 5) is 45.6. The Morgan fingerprint density at radius 3 is 2.48 bits per heavy atom. The number of aromatic nitrogens is 2. The molecule has 3 rings (SSSR count). The second-order valence-corrected chi connectivity index (χ2v) is 8.48. The van der Waals surface area contributed by atoms with Gasteiger partial charge >= 0.3 is 12.1 Å². The Balaban J connectivity index is 1.69. The van der Waals surface area contributed by atoms with Crippen molar-refractivity contribution in [3.8, 4) is 0 Å². The number of piperidine rings is 1. The molecular weight excluding hydrogens is 422 g/mol. The number of amides is 3. The van der Waals surface area contributed by atoms with Crippen LogP contribution in [0.1, 0.15) is 37.4 Å². The lowest BCUT2D eigenvalue weighted by atomic mass is 10.0. The lowest BCUT2D eigenvalue weighted by Gasteiger charge is -2.32. The van der Waals surface area contributed by atoms with Crippen LogP contribution < -0.4 is 5.32 Å². The summed E-state index contributed by atoms with van der Waals surface area (Å²) in [7, 11) is 3.04. The fourth-order valence-corrected chi connectivity index (χ4v) is 3.96. The highest BCUT2D eigenvalue weighted by atomic mass is 16.5. The van der Waals surface area contributed by atoms with Gasteiger partial charge in [0.2, 0.25) is 5.91 Å². The van der Waals surface area contributed by atoms with Crippen LogP contribution in [0.3, 0.4) is 0 Å². The highest BCUT2D eigenvalue weighted by Gasteiger charge is 2.29. The van der Waals surface area contributed by atoms with Gasteiger partial charge in [-0.25, -0.2) is 19.1 Å². The van der Waals surface area contributed by atoms with E-state index in [1.807, 2.05) is 37.3 Å². The molecule has 1 fully saturated rings. The zero-order chi connectivity index (χ0) is 23.8. The van der Waals surface area contributed by atoms with E-state index in [9.17, 15) is 14.4 Å². The van der Waals surface area contributed by atoms with E-state index in [1.54, 1.807) is 23.0 Å². The third-order valence-corrected chi connectivity index (χ3v) is 6.06. The lowest BCUT2D eigenvalue weighted by molar-refractivity contribution is -0.133. The Kier molecular flexibility index (Phi) is 8.46.